The number of alkyl carbamates (subject to hydrolysis) is 1. The summed E-state index contributed by atoms with van der Waals surface area (Å²) in [5.41, 5.74) is -0.627. The first kappa shape index (κ1) is 17.1. The van der Waals surface area contributed by atoms with Gasteiger partial charge in [0.15, 0.2) is 0 Å². The minimum atomic E-state index is -1.04. The average molecular weight is 277 g/mol. The molecular formula is C12H23NO4S. The molecule has 0 aliphatic heterocycles. The molecule has 18 heavy (non-hydrogen) atoms. The standard InChI is InChI=1S/C12H23NO4S/c1-8(2)6-18-7-9(10(14)15)13-11(16)17-12(3,4)5/h8-9H,6-7H2,1-5H3,(H,13,16)(H,14,15). The van der Waals surface area contributed by atoms with Crippen LogP contribution >= 0.6 is 11.8 Å². The molecule has 6 heteroatoms. The fourth-order valence-electron chi connectivity index (χ4n) is 1.05. The Morgan fingerprint density at radius 3 is 2.22 bits per heavy atom. The van der Waals surface area contributed by atoms with Gasteiger partial charge in [0, 0.05) is 5.75 Å². The van der Waals surface area contributed by atoms with Crippen molar-refractivity contribution in [3.8, 4) is 0 Å². The van der Waals surface area contributed by atoms with Gasteiger partial charge in [-0.1, -0.05) is 13.8 Å². The molecule has 1 atom stereocenters. The van der Waals surface area contributed by atoms with Gasteiger partial charge in [-0.05, 0) is 32.4 Å². The monoisotopic (exact) mass is 277 g/mol. The van der Waals surface area contributed by atoms with E-state index in [9.17, 15) is 9.59 Å². The van der Waals surface area contributed by atoms with Crippen molar-refractivity contribution in [3.05, 3.63) is 0 Å². The molecule has 0 aliphatic carbocycles. The zero-order chi connectivity index (χ0) is 14.3. The maximum atomic E-state index is 11.5. The van der Waals surface area contributed by atoms with E-state index in [0.29, 0.717) is 11.7 Å². The Labute approximate surface area is 113 Å². The number of thioether (sulfide) groups is 1. The Balaban J connectivity index is 4.19. The molecule has 0 rings (SSSR count). The maximum Gasteiger partial charge on any atom is 0.408 e. The number of carbonyl (C=O) groups excluding carboxylic acids is 1. The number of ether oxygens (including phenoxy) is 1. The van der Waals surface area contributed by atoms with Gasteiger partial charge in [0.25, 0.3) is 0 Å². The van der Waals surface area contributed by atoms with Crippen LogP contribution in [-0.4, -0.2) is 40.3 Å². The third-order valence-electron chi connectivity index (χ3n) is 1.72. The van der Waals surface area contributed by atoms with Crippen molar-refractivity contribution in [2.75, 3.05) is 11.5 Å². The Hall–Kier alpha value is -0.910. The van der Waals surface area contributed by atoms with E-state index in [1.165, 1.54) is 11.8 Å². The van der Waals surface area contributed by atoms with Crippen LogP contribution in [-0.2, 0) is 9.53 Å². The van der Waals surface area contributed by atoms with Crippen molar-refractivity contribution >= 4 is 23.8 Å². The van der Waals surface area contributed by atoms with Crippen molar-refractivity contribution in [2.45, 2.75) is 46.3 Å². The molecule has 1 amide bonds. The van der Waals surface area contributed by atoms with E-state index in [2.05, 4.69) is 19.2 Å². The Bertz CT molecular complexity index is 286. The van der Waals surface area contributed by atoms with Crippen LogP contribution in [0.5, 0.6) is 0 Å². The highest BCUT2D eigenvalue weighted by Crippen LogP contribution is 2.11. The largest absolute Gasteiger partial charge is 0.480 e. The Morgan fingerprint density at radius 2 is 1.83 bits per heavy atom. The summed E-state index contributed by atoms with van der Waals surface area (Å²) in [6.45, 7) is 9.32. The second kappa shape index (κ2) is 7.51. The van der Waals surface area contributed by atoms with Gasteiger partial charge in [0.2, 0.25) is 0 Å². The van der Waals surface area contributed by atoms with Crippen LogP contribution in [0.15, 0.2) is 0 Å². The van der Waals surface area contributed by atoms with E-state index in [1.54, 1.807) is 20.8 Å². The van der Waals surface area contributed by atoms with Gasteiger partial charge in [-0.2, -0.15) is 11.8 Å². The molecule has 0 heterocycles. The SMILES string of the molecule is CC(C)CSCC(NC(=O)OC(C)(C)C)C(=O)O. The lowest BCUT2D eigenvalue weighted by Gasteiger charge is -2.22. The summed E-state index contributed by atoms with van der Waals surface area (Å²) in [5, 5.41) is 11.4. The van der Waals surface area contributed by atoms with Crippen molar-refractivity contribution in [1.82, 2.24) is 5.32 Å². The number of carbonyl (C=O) groups is 2. The summed E-state index contributed by atoms with van der Waals surface area (Å²) in [6, 6.07) is -0.913. The highest BCUT2D eigenvalue weighted by molar-refractivity contribution is 7.99. The van der Waals surface area contributed by atoms with E-state index in [4.69, 9.17) is 9.84 Å². The maximum absolute atomic E-state index is 11.5. The molecule has 0 aromatic carbocycles. The topological polar surface area (TPSA) is 75.6 Å². The molecule has 0 spiro atoms. The number of nitrogens with one attached hydrogen (secondary N) is 1. The minimum absolute atomic E-state index is 0.340. The lowest BCUT2D eigenvalue weighted by molar-refractivity contribution is -0.138. The third kappa shape index (κ3) is 9.15. The molecule has 2 N–H and O–H groups in total. The fraction of sp³-hybridized carbons (Fsp3) is 0.833. The van der Waals surface area contributed by atoms with Crippen LogP contribution in [0, 0.1) is 5.92 Å². The van der Waals surface area contributed by atoms with Crippen molar-refractivity contribution < 1.29 is 19.4 Å². The number of carboxylic acids is 1. The molecule has 0 aliphatic rings. The van der Waals surface area contributed by atoms with Gasteiger partial charge >= 0.3 is 12.1 Å². The molecule has 0 saturated carbocycles. The normalized spacial score (nSPS) is 13.2. The molecular weight excluding hydrogens is 254 g/mol. The van der Waals surface area contributed by atoms with Crippen molar-refractivity contribution in [1.29, 1.82) is 0 Å². The molecule has 5 nitrogen and oxygen atoms in total. The molecule has 1 unspecified atom stereocenters. The first-order chi connectivity index (χ1) is 8.11. The number of amides is 1. The third-order valence-corrected chi connectivity index (χ3v) is 3.20. The summed E-state index contributed by atoms with van der Waals surface area (Å²) in [5.74, 6) is 0.648. The number of hydrogen-bond acceptors (Lipinski definition) is 4. The zero-order valence-electron chi connectivity index (χ0n) is 11.6. The predicted octanol–water partition coefficient (Wildman–Crippen LogP) is 2.35. The summed E-state index contributed by atoms with van der Waals surface area (Å²) < 4.78 is 5.02. The van der Waals surface area contributed by atoms with Crippen molar-refractivity contribution in [3.63, 3.8) is 0 Å². The smallest absolute Gasteiger partial charge is 0.408 e. The quantitative estimate of drug-likeness (QED) is 0.779. The van der Waals surface area contributed by atoms with E-state index in [-0.39, 0.29) is 0 Å². The molecule has 0 saturated heterocycles. The number of hydrogen-bond donors (Lipinski definition) is 2. The highest BCUT2D eigenvalue weighted by atomic mass is 32.2. The van der Waals surface area contributed by atoms with Gasteiger partial charge < -0.3 is 15.2 Å². The first-order valence-corrected chi connectivity index (χ1v) is 7.07. The molecule has 0 fully saturated rings. The average Bonchev–Trinajstić information content (AvgIpc) is 2.12. The number of aliphatic carboxylic acids is 1. The predicted molar refractivity (Wildman–Crippen MR) is 73.0 cm³/mol. The van der Waals surface area contributed by atoms with Crippen LogP contribution in [0.25, 0.3) is 0 Å². The first-order valence-electron chi connectivity index (χ1n) is 5.92. The summed E-state index contributed by atoms with van der Waals surface area (Å²) in [7, 11) is 0. The summed E-state index contributed by atoms with van der Waals surface area (Å²) in [4.78, 5) is 22.5. The zero-order valence-corrected chi connectivity index (χ0v) is 12.5. The van der Waals surface area contributed by atoms with E-state index >= 15 is 0 Å². The molecule has 0 aromatic heterocycles. The minimum Gasteiger partial charge on any atom is -0.480 e. The number of carboxylic acid groups (broad SMARTS) is 1. The molecule has 0 aromatic rings. The van der Waals surface area contributed by atoms with Gasteiger partial charge in [-0.15, -0.1) is 0 Å². The van der Waals surface area contributed by atoms with Crippen LogP contribution in [0.4, 0.5) is 4.79 Å². The fourth-order valence-corrected chi connectivity index (χ4v) is 2.12. The second-order valence-corrected chi connectivity index (χ2v) is 6.54. The summed E-state index contributed by atoms with van der Waals surface area (Å²) in [6.07, 6.45) is -0.694. The van der Waals surface area contributed by atoms with E-state index < -0.39 is 23.7 Å². The van der Waals surface area contributed by atoms with Crippen LogP contribution in [0.1, 0.15) is 34.6 Å². The van der Waals surface area contributed by atoms with Crippen LogP contribution < -0.4 is 5.32 Å². The number of rotatable bonds is 6. The summed E-state index contributed by atoms with van der Waals surface area (Å²) >= 11 is 1.51. The van der Waals surface area contributed by atoms with Gasteiger partial charge in [0.05, 0.1) is 0 Å². The van der Waals surface area contributed by atoms with Gasteiger partial charge in [-0.25, -0.2) is 9.59 Å². The molecule has 106 valence electrons. The van der Waals surface area contributed by atoms with Crippen LogP contribution in [0.2, 0.25) is 0 Å². The second-order valence-electron chi connectivity index (χ2n) is 5.47. The lowest BCUT2D eigenvalue weighted by Crippen LogP contribution is -2.45. The Kier molecular flexibility index (Phi) is 7.13. The van der Waals surface area contributed by atoms with Crippen molar-refractivity contribution in [2.24, 2.45) is 5.92 Å². The van der Waals surface area contributed by atoms with Crippen LogP contribution in [0.3, 0.4) is 0 Å². The van der Waals surface area contributed by atoms with E-state index in [1.807, 2.05) is 0 Å². The lowest BCUT2D eigenvalue weighted by atomic mass is 10.2. The highest BCUT2D eigenvalue weighted by Gasteiger charge is 2.23. The van der Waals surface area contributed by atoms with Gasteiger partial charge in [0.1, 0.15) is 11.6 Å². The molecule has 0 radical (unpaired) electrons. The van der Waals surface area contributed by atoms with Gasteiger partial charge in [-0.3, -0.25) is 0 Å². The Morgan fingerprint density at radius 1 is 1.28 bits per heavy atom. The molecule has 0 bridgehead atoms. The van der Waals surface area contributed by atoms with E-state index in [0.717, 1.165) is 5.75 Å².